The van der Waals surface area contributed by atoms with E-state index in [1.54, 1.807) is 71.9 Å². The molecule has 2 aliphatic rings. The summed E-state index contributed by atoms with van der Waals surface area (Å²) in [5.41, 5.74) is 3.99. The van der Waals surface area contributed by atoms with Gasteiger partial charge in [0.15, 0.2) is 33.2 Å². The number of allylic oxidation sites excluding steroid dienone is 1. The maximum Gasteiger partial charge on any atom is 0.257 e. The predicted molar refractivity (Wildman–Crippen MR) is 311 cm³/mol. The van der Waals surface area contributed by atoms with Crippen molar-refractivity contribution in [3.8, 4) is 23.0 Å². The van der Waals surface area contributed by atoms with E-state index < -0.39 is 5.24 Å². The topological polar surface area (TPSA) is 247 Å². The van der Waals surface area contributed by atoms with Gasteiger partial charge >= 0.3 is 0 Å². The third-order valence-corrected chi connectivity index (χ3v) is 15.0. The zero-order valence-corrected chi connectivity index (χ0v) is 44.8. The van der Waals surface area contributed by atoms with E-state index in [1.807, 2.05) is 54.6 Å². The SMILES string of the molecule is C=CC(=O)Cl.C=CC(=O)N1CCC[C@@H](Nc2n[nH]c3nccc(Oc4ccc(C(=O)Nc5nc6ccccc6s5)cc4)c23)C1.O=C(Nc1nc2ccccc2s1)c1ccc(Oc2ccnc3[nH]nc(NC4CCCCC4)c23)cc1. The number of halogens is 1. The number of ether oxygens (including phenoxy) is 2. The number of hydrogen-bond acceptors (Lipinski definition) is 16. The number of para-hydroxylation sites is 2. The van der Waals surface area contributed by atoms with E-state index in [9.17, 15) is 19.2 Å². The molecule has 0 spiro atoms. The van der Waals surface area contributed by atoms with Crippen LogP contribution < -0.4 is 30.7 Å². The van der Waals surface area contributed by atoms with Crippen LogP contribution in [0, 0.1) is 0 Å². The molecule has 10 aromatic rings. The Labute approximate surface area is 465 Å². The molecule has 0 bridgehead atoms. The molecule has 12 rings (SSSR count). The predicted octanol–water partition coefficient (Wildman–Crippen LogP) is 12.5. The number of likely N-dealkylation sites (tertiary alicyclic amines) is 1. The van der Waals surface area contributed by atoms with Gasteiger partial charge in [0, 0.05) is 60.8 Å². The van der Waals surface area contributed by atoms with Gasteiger partial charge in [0.05, 0.1) is 20.4 Å². The number of fused-ring (bicyclic) bond motifs is 4. The zero-order chi connectivity index (χ0) is 54.7. The average Bonchev–Trinajstić information content (AvgIpc) is 4.33. The van der Waals surface area contributed by atoms with Crippen LogP contribution in [0.4, 0.5) is 21.9 Å². The van der Waals surface area contributed by atoms with Crippen molar-refractivity contribution < 1.29 is 28.7 Å². The number of nitrogens with one attached hydrogen (secondary N) is 6. The minimum atomic E-state index is -0.509. The smallest absolute Gasteiger partial charge is 0.257 e. The van der Waals surface area contributed by atoms with Crippen molar-refractivity contribution in [2.45, 2.75) is 57.0 Å². The number of pyridine rings is 2. The lowest BCUT2D eigenvalue weighted by atomic mass is 9.95. The van der Waals surface area contributed by atoms with Crippen molar-refractivity contribution in [1.29, 1.82) is 0 Å². The van der Waals surface area contributed by atoms with E-state index in [-0.39, 0.29) is 23.8 Å². The van der Waals surface area contributed by atoms with E-state index in [2.05, 4.69) is 74.8 Å². The molecule has 7 heterocycles. The Morgan fingerprint density at radius 1 is 0.608 bits per heavy atom. The number of nitrogens with zero attached hydrogens (tertiary/aromatic N) is 7. The number of benzene rings is 4. The van der Waals surface area contributed by atoms with Gasteiger partial charge in [-0.3, -0.25) is 40.0 Å². The molecule has 19 nitrogen and oxygen atoms in total. The molecule has 6 N–H and O–H groups in total. The summed E-state index contributed by atoms with van der Waals surface area (Å²) in [6.07, 6.45) is 13.6. The summed E-state index contributed by atoms with van der Waals surface area (Å²) in [7, 11) is 0. The Kier molecular flexibility index (Phi) is 16.9. The maximum atomic E-state index is 12.8. The number of carbonyl (C=O) groups is 4. The molecule has 1 saturated heterocycles. The molecule has 1 aliphatic carbocycles. The average molecular weight is 1110 g/mol. The van der Waals surface area contributed by atoms with Crippen LogP contribution in [0.2, 0.25) is 0 Å². The Hall–Kier alpha value is -9.05. The molecule has 1 aliphatic heterocycles. The van der Waals surface area contributed by atoms with Gasteiger partial charge in [-0.1, -0.05) is 79.4 Å². The molecule has 0 unspecified atom stereocenters. The third kappa shape index (κ3) is 13.2. The number of carbonyl (C=O) groups excluding carboxylic acids is 4. The molecular weight excluding hydrogens is 1060 g/mol. The monoisotopic (exact) mass is 1110 g/mol. The highest BCUT2D eigenvalue weighted by Crippen LogP contribution is 2.36. The van der Waals surface area contributed by atoms with Crippen LogP contribution in [0.5, 0.6) is 23.0 Å². The first kappa shape index (κ1) is 53.4. The maximum absolute atomic E-state index is 12.8. The highest BCUT2D eigenvalue weighted by molar-refractivity contribution is 7.22. The Morgan fingerprint density at radius 2 is 1.08 bits per heavy atom. The van der Waals surface area contributed by atoms with Crippen molar-refractivity contribution in [2.75, 3.05) is 34.4 Å². The summed E-state index contributed by atoms with van der Waals surface area (Å²) in [4.78, 5) is 66.5. The van der Waals surface area contributed by atoms with Crippen LogP contribution in [0.25, 0.3) is 42.5 Å². The molecule has 400 valence electrons. The number of aromatic nitrogens is 8. The van der Waals surface area contributed by atoms with Gasteiger partial charge in [-0.25, -0.2) is 19.9 Å². The number of piperidine rings is 1. The Balaban J connectivity index is 0.000000165. The van der Waals surface area contributed by atoms with Gasteiger partial charge in [0.25, 0.3) is 11.8 Å². The van der Waals surface area contributed by atoms with Gasteiger partial charge in [0.2, 0.25) is 11.1 Å². The number of hydrogen-bond donors (Lipinski definition) is 6. The summed E-state index contributed by atoms with van der Waals surface area (Å²) in [6.45, 7) is 7.95. The fraction of sp³-hybridized carbons (Fsp3) is 0.193. The fourth-order valence-electron chi connectivity index (χ4n) is 9.07. The van der Waals surface area contributed by atoms with Crippen molar-refractivity contribution >= 4 is 122 Å². The third-order valence-electron chi connectivity index (χ3n) is 12.9. The first-order valence-corrected chi connectivity index (χ1v) is 27.4. The second-order valence-corrected chi connectivity index (χ2v) is 20.7. The molecular formula is C57H52ClN13O6S2. The number of aromatic amines is 2. The molecule has 4 aromatic carbocycles. The van der Waals surface area contributed by atoms with Gasteiger partial charge in [0.1, 0.15) is 33.8 Å². The van der Waals surface area contributed by atoms with Crippen LogP contribution in [-0.2, 0) is 9.59 Å². The van der Waals surface area contributed by atoms with Crippen LogP contribution in [0.3, 0.4) is 0 Å². The number of amides is 3. The van der Waals surface area contributed by atoms with E-state index in [0.29, 0.717) is 79.5 Å². The van der Waals surface area contributed by atoms with Gasteiger partial charge in [-0.2, -0.15) is 10.2 Å². The lowest BCUT2D eigenvalue weighted by Crippen LogP contribution is -2.44. The normalized spacial score (nSPS) is 14.3. The Morgan fingerprint density at radius 3 is 1.54 bits per heavy atom. The van der Waals surface area contributed by atoms with Crippen molar-refractivity contribution in [3.63, 3.8) is 0 Å². The molecule has 1 saturated carbocycles. The van der Waals surface area contributed by atoms with E-state index in [4.69, 9.17) is 21.1 Å². The van der Waals surface area contributed by atoms with Crippen LogP contribution in [-0.4, -0.2) is 93.4 Å². The van der Waals surface area contributed by atoms with E-state index in [1.165, 1.54) is 48.0 Å². The van der Waals surface area contributed by atoms with Crippen LogP contribution in [0.1, 0.15) is 65.7 Å². The van der Waals surface area contributed by atoms with Gasteiger partial charge < -0.3 is 25.0 Å². The van der Waals surface area contributed by atoms with Crippen LogP contribution >= 0.6 is 34.3 Å². The molecule has 1 atom stereocenters. The summed E-state index contributed by atoms with van der Waals surface area (Å²) in [5.74, 6) is 3.26. The lowest BCUT2D eigenvalue weighted by molar-refractivity contribution is -0.127. The zero-order valence-electron chi connectivity index (χ0n) is 42.4. The minimum absolute atomic E-state index is 0.0374. The first-order valence-electron chi connectivity index (χ1n) is 25.4. The van der Waals surface area contributed by atoms with Crippen molar-refractivity contribution in [1.82, 2.24) is 45.2 Å². The van der Waals surface area contributed by atoms with E-state index in [0.717, 1.165) is 69.9 Å². The first-order chi connectivity index (χ1) is 38.6. The molecule has 6 aromatic heterocycles. The fourth-order valence-corrected chi connectivity index (χ4v) is 10.8. The number of H-pyrrole nitrogens is 2. The largest absolute Gasteiger partial charge is 0.456 e. The number of anilines is 4. The van der Waals surface area contributed by atoms with Crippen molar-refractivity contribution in [3.05, 3.63) is 158 Å². The van der Waals surface area contributed by atoms with Crippen LogP contribution in [0.15, 0.2) is 147 Å². The summed E-state index contributed by atoms with van der Waals surface area (Å²) in [5, 5.41) is 29.7. The summed E-state index contributed by atoms with van der Waals surface area (Å²) in [6, 6.07) is 33.6. The standard InChI is InChI=1S/C28H25N7O3S.C26H24N6O2S.C3H3ClO/c1-2-23(36)35-15-5-6-18(16-35)30-26-24-21(13-14-29-25(24)33-34-26)38-19-11-9-17(10-12-19)27(37)32-28-31-20-7-3-4-8-22(20)39-28;33-25(30-26-29-19-8-4-5-9-21(19)35-26)16-10-12-18(13-11-16)34-20-14-15-27-23-22(20)24(32-31-23)28-17-6-2-1-3-7-17;1-2-3(4)5/h2-4,7-14,18H,1,5-6,15-16H2,(H,31,32,37)(H2,29,30,33,34);4-5,8-15,17H,1-3,6-7H2,(H,29,30,33)(H2,27,28,31,32);2H,1H2/t18-;;/m1../s1. The molecule has 79 heavy (non-hydrogen) atoms. The number of thiazole rings is 2. The quantitative estimate of drug-likeness (QED) is 0.0438. The molecule has 3 amide bonds. The van der Waals surface area contributed by atoms with Crippen molar-refractivity contribution in [2.24, 2.45) is 0 Å². The van der Waals surface area contributed by atoms with E-state index >= 15 is 0 Å². The second-order valence-electron chi connectivity index (χ2n) is 18.3. The molecule has 0 radical (unpaired) electrons. The lowest BCUT2D eigenvalue weighted by Gasteiger charge is -2.32. The van der Waals surface area contributed by atoms with Gasteiger partial charge in [-0.15, -0.1) is 0 Å². The number of rotatable bonds is 14. The summed E-state index contributed by atoms with van der Waals surface area (Å²) < 4.78 is 14.4. The second kappa shape index (κ2) is 25.0. The molecule has 22 heteroatoms. The Bertz CT molecular complexity index is 3750. The highest BCUT2D eigenvalue weighted by atomic mass is 35.5. The summed E-state index contributed by atoms with van der Waals surface area (Å²) >= 11 is 7.59. The van der Waals surface area contributed by atoms with Gasteiger partial charge in [-0.05, 0) is 122 Å². The minimum Gasteiger partial charge on any atom is -0.456 e. The highest BCUT2D eigenvalue weighted by Gasteiger charge is 2.25. The molecule has 2 fully saturated rings.